The number of esters is 2. The van der Waals surface area contributed by atoms with Crippen LogP contribution in [0.3, 0.4) is 0 Å². The standard InChI is InChI=1S/C27H27N3O5/c1-5-30-23-15-22(29-21-8-6-7-19(26(32)34-3)25(21)27(33)35-4)20(14-18(23)9-10-24(30)31)17-11-12-28-16(2)13-17/h6-8,11-15,29H,5,9-10H2,1-4H3. The number of carbonyl (C=O) groups is 3. The van der Waals surface area contributed by atoms with Gasteiger partial charge in [0.05, 0.1) is 31.0 Å². The Balaban J connectivity index is 1.93. The van der Waals surface area contributed by atoms with Gasteiger partial charge in [-0.1, -0.05) is 6.07 Å². The van der Waals surface area contributed by atoms with E-state index >= 15 is 0 Å². The minimum Gasteiger partial charge on any atom is -0.465 e. The smallest absolute Gasteiger partial charge is 0.340 e. The maximum absolute atomic E-state index is 12.7. The topological polar surface area (TPSA) is 97.8 Å². The van der Waals surface area contributed by atoms with E-state index in [-0.39, 0.29) is 17.0 Å². The van der Waals surface area contributed by atoms with Crippen LogP contribution in [0.2, 0.25) is 0 Å². The predicted octanol–water partition coefficient (Wildman–Crippen LogP) is 4.67. The number of rotatable bonds is 6. The summed E-state index contributed by atoms with van der Waals surface area (Å²) in [5.41, 5.74) is 5.80. The first-order chi connectivity index (χ1) is 16.9. The SMILES string of the molecule is CCN1C(=O)CCc2cc(-c3ccnc(C)c3)c(Nc3cccc(C(=O)OC)c3C(=O)OC)cc21. The number of fused-ring (bicyclic) bond motifs is 1. The highest BCUT2D eigenvalue weighted by atomic mass is 16.5. The van der Waals surface area contributed by atoms with Crippen LogP contribution < -0.4 is 10.2 Å². The summed E-state index contributed by atoms with van der Waals surface area (Å²) in [5.74, 6) is -1.24. The predicted molar refractivity (Wildman–Crippen MR) is 133 cm³/mol. The molecule has 4 rings (SSSR count). The van der Waals surface area contributed by atoms with Gasteiger partial charge in [-0.3, -0.25) is 9.78 Å². The third kappa shape index (κ3) is 4.59. The quantitative estimate of drug-likeness (QED) is 0.520. The van der Waals surface area contributed by atoms with E-state index in [1.54, 1.807) is 23.2 Å². The molecule has 0 fully saturated rings. The Kier molecular flexibility index (Phi) is 6.82. The van der Waals surface area contributed by atoms with Crippen LogP contribution in [0, 0.1) is 6.92 Å². The normalized spacial score (nSPS) is 12.7. The molecule has 8 nitrogen and oxygen atoms in total. The fourth-order valence-corrected chi connectivity index (χ4v) is 4.40. The average molecular weight is 474 g/mol. The number of benzene rings is 2. The van der Waals surface area contributed by atoms with Crippen LogP contribution in [-0.2, 0) is 20.7 Å². The molecule has 0 aliphatic carbocycles. The summed E-state index contributed by atoms with van der Waals surface area (Å²) in [6.07, 6.45) is 2.84. The van der Waals surface area contributed by atoms with Gasteiger partial charge >= 0.3 is 11.9 Å². The molecule has 0 unspecified atom stereocenters. The Morgan fingerprint density at radius 1 is 1.03 bits per heavy atom. The zero-order valence-electron chi connectivity index (χ0n) is 20.2. The second-order valence-corrected chi connectivity index (χ2v) is 8.19. The van der Waals surface area contributed by atoms with Gasteiger partial charge in [0.1, 0.15) is 0 Å². The molecule has 1 aliphatic heterocycles. The molecule has 1 amide bonds. The number of amides is 1. The largest absolute Gasteiger partial charge is 0.465 e. The fourth-order valence-electron chi connectivity index (χ4n) is 4.40. The lowest BCUT2D eigenvalue weighted by atomic mass is 9.94. The number of methoxy groups -OCH3 is 2. The van der Waals surface area contributed by atoms with Gasteiger partial charge in [-0.15, -0.1) is 0 Å². The summed E-state index contributed by atoms with van der Waals surface area (Å²) in [4.78, 5) is 43.7. The maximum atomic E-state index is 12.7. The van der Waals surface area contributed by atoms with E-state index in [2.05, 4.69) is 16.4 Å². The Morgan fingerprint density at radius 3 is 2.49 bits per heavy atom. The van der Waals surface area contributed by atoms with Crippen molar-refractivity contribution in [2.24, 2.45) is 0 Å². The van der Waals surface area contributed by atoms with Gasteiger partial charge < -0.3 is 19.7 Å². The number of hydrogen-bond acceptors (Lipinski definition) is 7. The molecule has 35 heavy (non-hydrogen) atoms. The van der Waals surface area contributed by atoms with Gasteiger partial charge in [-0.25, -0.2) is 9.59 Å². The molecule has 1 N–H and O–H groups in total. The molecule has 0 saturated heterocycles. The number of anilines is 3. The third-order valence-corrected chi connectivity index (χ3v) is 6.07. The zero-order valence-corrected chi connectivity index (χ0v) is 20.2. The number of ether oxygens (including phenoxy) is 2. The minimum atomic E-state index is -0.668. The summed E-state index contributed by atoms with van der Waals surface area (Å²) in [5, 5.41) is 3.34. The maximum Gasteiger partial charge on any atom is 0.340 e. The summed E-state index contributed by atoms with van der Waals surface area (Å²) >= 11 is 0. The Labute approximate surface area is 203 Å². The summed E-state index contributed by atoms with van der Waals surface area (Å²) in [7, 11) is 2.52. The van der Waals surface area contributed by atoms with Crippen LogP contribution in [0.15, 0.2) is 48.7 Å². The molecule has 0 saturated carbocycles. The molecule has 0 radical (unpaired) electrons. The lowest BCUT2D eigenvalue weighted by molar-refractivity contribution is -0.118. The summed E-state index contributed by atoms with van der Waals surface area (Å²) in [6, 6.07) is 12.8. The third-order valence-electron chi connectivity index (χ3n) is 6.07. The number of hydrogen-bond donors (Lipinski definition) is 1. The van der Waals surface area contributed by atoms with E-state index in [0.717, 1.165) is 28.1 Å². The van der Waals surface area contributed by atoms with Gasteiger partial charge in [-0.2, -0.15) is 0 Å². The van der Waals surface area contributed by atoms with Gasteiger partial charge in [0.25, 0.3) is 0 Å². The van der Waals surface area contributed by atoms with Gasteiger partial charge in [0.2, 0.25) is 5.91 Å². The molecule has 3 aromatic rings. The zero-order chi connectivity index (χ0) is 25.1. The molecule has 8 heteroatoms. The van der Waals surface area contributed by atoms with E-state index in [1.165, 1.54) is 20.3 Å². The number of aryl methyl sites for hydroxylation is 2. The minimum absolute atomic E-state index is 0.0693. The van der Waals surface area contributed by atoms with Gasteiger partial charge in [0.15, 0.2) is 0 Å². The van der Waals surface area contributed by atoms with Crippen LogP contribution in [0.5, 0.6) is 0 Å². The van der Waals surface area contributed by atoms with E-state index < -0.39 is 11.9 Å². The van der Waals surface area contributed by atoms with Crippen LogP contribution >= 0.6 is 0 Å². The highest BCUT2D eigenvalue weighted by Crippen LogP contribution is 2.40. The number of aromatic nitrogens is 1. The lowest BCUT2D eigenvalue weighted by Gasteiger charge is -2.30. The van der Waals surface area contributed by atoms with Crippen molar-refractivity contribution in [1.82, 2.24) is 4.98 Å². The van der Waals surface area contributed by atoms with Crippen molar-refractivity contribution in [1.29, 1.82) is 0 Å². The monoisotopic (exact) mass is 473 g/mol. The lowest BCUT2D eigenvalue weighted by Crippen LogP contribution is -2.34. The molecular formula is C27H27N3O5. The van der Waals surface area contributed by atoms with E-state index in [1.807, 2.05) is 32.0 Å². The Hall–Kier alpha value is -4.20. The first kappa shape index (κ1) is 23.9. The first-order valence-electron chi connectivity index (χ1n) is 11.3. The molecule has 180 valence electrons. The number of pyridine rings is 1. The van der Waals surface area contributed by atoms with E-state index in [9.17, 15) is 14.4 Å². The molecule has 1 aromatic heterocycles. The molecule has 0 spiro atoms. The van der Waals surface area contributed by atoms with Crippen molar-refractivity contribution in [2.75, 3.05) is 31.0 Å². The van der Waals surface area contributed by atoms with Crippen molar-refractivity contribution < 1.29 is 23.9 Å². The second-order valence-electron chi connectivity index (χ2n) is 8.19. The number of nitrogens with zero attached hydrogens (tertiary/aromatic N) is 2. The van der Waals surface area contributed by atoms with Crippen LogP contribution in [0.4, 0.5) is 17.1 Å². The Morgan fingerprint density at radius 2 is 1.80 bits per heavy atom. The van der Waals surface area contributed by atoms with Crippen LogP contribution in [0.1, 0.15) is 45.3 Å². The van der Waals surface area contributed by atoms with Gasteiger partial charge in [0, 0.05) is 41.8 Å². The molecule has 0 atom stereocenters. The highest BCUT2D eigenvalue weighted by Gasteiger charge is 2.27. The van der Waals surface area contributed by atoms with Crippen LogP contribution in [0.25, 0.3) is 11.1 Å². The molecule has 2 heterocycles. The van der Waals surface area contributed by atoms with Gasteiger partial charge in [-0.05, 0) is 67.8 Å². The average Bonchev–Trinajstić information content (AvgIpc) is 2.87. The Bertz CT molecular complexity index is 1320. The first-order valence-corrected chi connectivity index (χ1v) is 11.3. The van der Waals surface area contributed by atoms with Crippen molar-refractivity contribution in [3.8, 4) is 11.1 Å². The van der Waals surface area contributed by atoms with Crippen molar-refractivity contribution in [3.63, 3.8) is 0 Å². The van der Waals surface area contributed by atoms with Crippen molar-refractivity contribution >= 4 is 34.9 Å². The second kappa shape index (κ2) is 9.97. The number of nitrogens with one attached hydrogen (secondary N) is 1. The molecule has 0 bridgehead atoms. The van der Waals surface area contributed by atoms with E-state index in [4.69, 9.17) is 9.47 Å². The molecular weight excluding hydrogens is 446 g/mol. The van der Waals surface area contributed by atoms with Crippen molar-refractivity contribution in [2.45, 2.75) is 26.7 Å². The fraction of sp³-hybridized carbons (Fsp3) is 0.259. The number of carbonyl (C=O) groups excluding carboxylic acids is 3. The van der Waals surface area contributed by atoms with Crippen LogP contribution in [-0.4, -0.2) is 43.6 Å². The van der Waals surface area contributed by atoms with Crippen molar-refractivity contribution in [3.05, 3.63) is 71.0 Å². The highest BCUT2D eigenvalue weighted by molar-refractivity contribution is 6.08. The summed E-state index contributed by atoms with van der Waals surface area (Å²) in [6.45, 7) is 4.40. The molecule has 2 aromatic carbocycles. The summed E-state index contributed by atoms with van der Waals surface area (Å²) < 4.78 is 9.84. The molecule has 1 aliphatic rings. The van der Waals surface area contributed by atoms with E-state index in [0.29, 0.717) is 30.8 Å².